The minimum absolute atomic E-state index is 0.0316. The number of benzene rings is 2. The Balaban J connectivity index is 1.66. The van der Waals surface area contributed by atoms with Gasteiger partial charge in [-0.2, -0.15) is 0 Å². The van der Waals surface area contributed by atoms with Crippen LogP contribution in [0.3, 0.4) is 0 Å². The molecule has 1 aliphatic rings. The molecule has 0 aliphatic heterocycles. The van der Waals surface area contributed by atoms with Crippen LogP contribution in [0, 0.1) is 11.7 Å². The molecule has 9 heteroatoms. The van der Waals surface area contributed by atoms with E-state index in [0.717, 1.165) is 24.0 Å². The number of hydrogen-bond acceptors (Lipinski definition) is 4. The van der Waals surface area contributed by atoms with Crippen molar-refractivity contribution in [2.45, 2.75) is 70.0 Å². The van der Waals surface area contributed by atoms with Gasteiger partial charge in [-0.25, -0.2) is 17.5 Å². The zero-order valence-corrected chi connectivity index (χ0v) is 21.3. The summed E-state index contributed by atoms with van der Waals surface area (Å²) in [6.07, 6.45) is 2.27. The lowest BCUT2D eigenvalue weighted by Gasteiger charge is -2.29. The molecule has 0 bridgehead atoms. The zero-order chi connectivity index (χ0) is 25.6. The standard InChI is InChI=1S/C26H34FN3O4S/c1-18(2)16-28-26(32)19(3)30(17-21-4-9-22(27)10-5-21)25(31)15-8-20-6-13-24(14-7-20)35(33,34)29-23-11-12-23/h4-7,9-10,13-14,18-19,23,29H,8,11-12,15-17H2,1-3H3,(H,28,32)/t19-/m0/s1. The Morgan fingerprint density at radius 3 is 2.17 bits per heavy atom. The van der Waals surface area contributed by atoms with Crippen LogP contribution in [0.2, 0.25) is 0 Å². The molecule has 0 radical (unpaired) electrons. The number of amides is 2. The third kappa shape index (κ3) is 8.14. The molecule has 2 aromatic rings. The molecule has 0 unspecified atom stereocenters. The monoisotopic (exact) mass is 503 g/mol. The van der Waals surface area contributed by atoms with Crippen molar-refractivity contribution in [1.82, 2.24) is 14.9 Å². The van der Waals surface area contributed by atoms with Crippen molar-refractivity contribution in [3.8, 4) is 0 Å². The van der Waals surface area contributed by atoms with Gasteiger partial charge in [-0.3, -0.25) is 9.59 Å². The second-order valence-corrected chi connectivity index (χ2v) is 11.2. The second-order valence-electron chi connectivity index (χ2n) is 9.50. The van der Waals surface area contributed by atoms with Crippen LogP contribution >= 0.6 is 0 Å². The number of carbonyl (C=O) groups is 2. The number of rotatable bonds is 12. The summed E-state index contributed by atoms with van der Waals surface area (Å²) in [6.45, 7) is 6.35. The second kappa shape index (κ2) is 11.8. The van der Waals surface area contributed by atoms with Crippen LogP contribution in [0.1, 0.15) is 51.2 Å². The van der Waals surface area contributed by atoms with Crippen molar-refractivity contribution in [1.29, 1.82) is 0 Å². The number of hydrogen-bond donors (Lipinski definition) is 2. The summed E-state index contributed by atoms with van der Waals surface area (Å²) in [7, 11) is -3.52. The Hall–Kier alpha value is -2.78. The fourth-order valence-electron chi connectivity index (χ4n) is 3.54. The van der Waals surface area contributed by atoms with Crippen molar-refractivity contribution in [3.63, 3.8) is 0 Å². The van der Waals surface area contributed by atoms with Crippen molar-refractivity contribution >= 4 is 21.8 Å². The van der Waals surface area contributed by atoms with E-state index in [4.69, 9.17) is 0 Å². The van der Waals surface area contributed by atoms with Gasteiger partial charge in [0.15, 0.2) is 0 Å². The summed E-state index contributed by atoms with van der Waals surface area (Å²) in [5, 5.41) is 2.87. The molecule has 0 spiro atoms. The summed E-state index contributed by atoms with van der Waals surface area (Å²) in [5.74, 6) is -0.550. The fourth-order valence-corrected chi connectivity index (χ4v) is 4.85. The molecule has 1 aliphatic carbocycles. The number of halogens is 1. The highest BCUT2D eigenvalue weighted by molar-refractivity contribution is 7.89. The first kappa shape index (κ1) is 26.8. The van der Waals surface area contributed by atoms with Crippen LogP contribution in [0.5, 0.6) is 0 Å². The molecule has 1 atom stereocenters. The lowest BCUT2D eigenvalue weighted by molar-refractivity contribution is -0.140. The molecule has 0 heterocycles. The molecule has 2 amide bonds. The van der Waals surface area contributed by atoms with Crippen molar-refractivity contribution in [2.75, 3.05) is 6.54 Å². The average Bonchev–Trinajstić information content (AvgIpc) is 3.63. The first-order valence-corrected chi connectivity index (χ1v) is 13.5. The summed E-state index contributed by atoms with van der Waals surface area (Å²) in [5.41, 5.74) is 1.54. The van der Waals surface area contributed by atoms with E-state index >= 15 is 0 Å². The zero-order valence-electron chi connectivity index (χ0n) is 20.5. The normalized spacial score (nSPS) is 14.5. The Kier molecular flexibility index (Phi) is 9.02. The number of nitrogens with one attached hydrogen (secondary N) is 2. The van der Waals surface area contributed by atoms with Crippen molar-refractivity contribution < 1.29 is 22.4 Å². The van der Waals surface area contributed by atoms with E-state index in [-0.39, 0.29) is 47.5 Å². The van der Waals surface area contributed by atoms with Gasteiger partial charge >= 0.3 is 0 Å². The molecule has 1 saturated carbocycles. The molecular formula is C26H34FN3O4S. The summed E-state index contributed by atoms with van der Waals surface area (Å²) in [6, 6.07) is 11.7. The molecule has 0 aromatic heterocycles. The van der Waals surface area contributed by atoms with E-state index in [0.29, 0.717) is 13.0 Å². The third-order valence-corrected chi connectivity index (χ3v) is 7.41. The first-order chi connectivity index (χ1) is 16.5. The van der Waals surface area contributed by atoms with Crippen LogP contribution in [0.15, 0.2) is 53.4 Å². The van der Waals surface area contributed by atoms with E-state index in [1.54, 1.807) is 43.3 Å². The van der Waals surface area contributed by atoms with Crippen LogP contribution in [0.25, 0.3) is 0 Å². The van der Waals surface area contributed by atoms with Gasteiger partial charge in [-0.15, -0.1) is 0 Å². The Bertz CT molecular complexity index is 1110. The van der Waals surface area contributed by atoms with E-state index in [2.05, 4.69) is 10.0 Å². The predicted octanol–water partition coefficient (Wildman–Crippen LogP) is 3.39. The van der Waals surface area contributed by atoms with Crippen molar-refractivity contribution in [2.24, 2.45) is 5.92 Å². The predicted molar refractivity (Wildman–Crippen MR) is 132 cm³/mol. The highest BCUT2D eigenvalue weighted by Crippen LogP contribution is 2.22. The van der Waals surface area contributed by atoms with Gasteiger partial charge in [0.1, 0.15) is 11.9 Å². The molecule has 190 valence electrons. The molecule has 35 heavy (non-hydrogen) atoms. The molecular weight excluding hydrogens is 469 g/mol. The Labute approximate surface area is 207 Å². The summed E-state index contributed by atoms with van der Waals surface area (Å²) >= 11 is 0. The van der Waals surface area contributed by atoms with Crippen LogP contribution in [-0.2, 0) is 32.6 Å². The topological polar surface area (TPSA) is 95.6 Å². The number of carbonyl (C=O) groups excluding carboxylic acids is 2. The number of sulfonamides is 1. The minimum Gasteiger partial charge on any atom is -0.354 e. The van der Waals surface area contributed by atoms with Gasteiger partial charge in [0.25, 0.3) is 0 Å². The van der Waals surface area contributed by atoms with Gasteiger partial charge in [-0.05, 0) is 67.5 Å². The van der Waals surface area contributed by atoms with Crippen LogP contribution in [0.4, 0.5) is 4.39 Å². The van der Waals surface area contributed by atoms with E-state index in [1.807, 2.05) is 13.8 Å². The van der Waals surface area contributed by atoms with Gasteiger partial charge in [0, 0.05) is 25.6 Å². The lowest BCUT2D eigenvalue weighted by atomic mass is 10.1. The van der Waals surface area contributed by atoms with Gasteiger partial charge in [0.05, 0.1) is 4.90 Å². The van der Waals surface area contributed by atoms with E-state index in [9.17, 15) is 22.4 Å². The average molecular weight is 504 g/mol. The smallest absolute Gasteiger partial charge is 0.242 e. The quantitative estimate of drug-likeness (QED) is 0.464. The molecule has 3 rings (SSSR count). The lowest BCUT2D eigenvalue weighted by Crippen LogP contribution is -2.48. The van der Waals surface area contributed by atoms with Crippen LogP contribution < -0.4 is 10.0 Å². The molecule has 7 nitrogen and oxygen atoms in total. The maximum absolute atomic E-state index is 13.3. The van der Waals surface area contributed by atoms with Crippen LogP contribution in [-0.4, -0.2) is 43.8 Å². The highest BCUT2D eigenvalue weighted by Gasteiger charge is 2.28. The molecule has 2 aromatic carbocycles. The SMILES string of the molecule is CC(C)CNC(=O)[C@H](C)N(Cc1ccc(F)cc1)C(=O)CCc1ccc(S(=O)(=O)NC2CC2)cc1. The molecule has 2 N–H and O–H groups in total. The molecule has 0 saturated heterocycles. The maximum atomic E-state index is 13.3. The van der Waals surface area contributed by atoms with Gasteiger partial charge < -0.3 is 10.2 Å². The fraction of sp³-hybridized carbons (Fsp3) is 0.462. The third-order valence-electron chi connectivity index (χ3n) is 5.88. The summed E-state index contributed by atoms with van der Waals surface area (Å²) < 4.78 is 40.7. The highest BCUT2D eigenvalue weighted by atomic mass is 32.2. The van der Waals surface area contributed by atoms with E-state index < -0.39 is 16.1 Å². The minimum atomic E-state index is -3.52. The first-order valence-electron chi connectivity index (χ1n) is 12.0. The van der Waals surface area contributed by atoms with Gasteiger partial charge in [-0.1, -0.05) is 38.1 Å². The Morgan fingerprint density at radius 1 is 1.00 bits per heavy atom. The molecule has 1 fully saturated rings. The summed E-state index contributed by atoms with van der Waals surface area (Å²) in [4.78, 5) is 27.6. The Morgan fingerprint density at radius 2 is 1.60 bits per heavy atom. The van der Waals surface area contributed by atoms with E-state index in [1.165, 1.54) is 17.0 Å². The maximum Gasteiger partial charge on any atom is 0.242 e. The van der Waals surface area contributed by atoms with Gasteiger partial charge in [0.2, 0.25) is 21.8 Å². The number of nitrogens with zero attached hydrogens (tertiary/aromatic N) is 1. The largest absolute Gasteiger partial charge is 0.354 e. The van der Waals surface area contributed by atoms with Crippen molar-refractivity contribution in [3.05, 3.63) is 65.5 Å². The number of aryl methyl sites for hydroxylation is 1.